The summed E-state index contributed by atoms with van der Waals surface area (Å²) in [4.78, 5) is 58.8. The Hall–Kier alpha value is -2.50. The van der Waals surface area contributed by atoms with Crippen molar-refractivity contribution >= 4 is 41.1 Å². The van der Waals surface area contributed by atoms with Gasteiger partial charge in [0, 0.05) is 0 Å². The van der Waals surface area contributed by atoms with E-state index in [2.05, 4.69) is 10.1 Å². The van der Waals surface area contributed by atoms with Crippen LogP contribution in [-0.2, 0) is 38.1 Å². The van der Waals surface area contributed by atoms with Crippen LogP contribution in [0.2, 0.25) is 0 Å². The van der Waals surface area contributed by atoms with Crippen LogP contribution in [0.5, 0.6) is 0 Å². The van der Waals surface area contributed by atoms with Crippen LogP contribution in [0.1, 0.15) is 41.5 Å². The van der Waals surface area contributed by atoms with E-state index in [4.69, 9.17) is 18.9 Å². The zero-order chi connectivity index (χ0) is 23.5. The van der Waals surface area contributed by atoms with Gasteiger partial charge in [0.1, 0.15) is 6.04 Å². The van der Waals surface area contributed by atoms with Crippen molar-refractivity contribution in [3.63, 3.8) is 0 Å². The lowest BCUT2D eigenvalue weighted by Crippen LogP contribution is -2.53. The third-order valence-corrected chi connectivity index (χ3v) is 4.50. The molecule has 0 fully saturated rings. The van der Waals surface area contributed by atoms with E-state index in [-0.39, 0.29) is 5.92 Å². The number of nitrogens with one attached hydrogen (secondary N) is 1. The number of carbonyl (C=O) groups is 5. The Bertz CT molecular complexity index is 632. The molecule has 11 nitrogen and oxygen atoms in total. The molecule has 12 heteroatoms. The Labute approximate surface area is 179 Å². The number of hydrogen-bond donors (Lipinski definition) is 1. The van der Waals surface area contributed by atoms with Gasteiger partial charge in [0.25, 0.3) is 0 Å². The van der Waals surface area contributed by atoms with Crippen molar-refractivity contribution in [2.24, 2.45) is 11.8 Å². The molecule has 1 amide bonds. The molecule has 1 atom stereocenters. The molecule has 30 heavy (non-hydrogen) atoms. The number of alkyl carbamates (subject to hydrolysis) is 1. The summed E-state index contributed by atoms with van der Waals surface area (Å²) in [5, 5.41) is 1.42. The lowest BCUT2D eigenvalue weighted by atomic mass is 10.0. The number of thioether (sulfide) groups is 1. The molecule has 172 valence electrons. The Kier molecular flexibility index (Phi) is 11.9. The minimum atomic E-state index is -1.31. The maximum absolute atomic E-state index is 12.1. The smallest absolute Gasteiger partial charge is 0.410 e. The molecule has 0 bridgehead atoms. The number of ether oxygens (including phenoxy) is 5. The first kappa shape index (κ1) is 27.5. The largest absolute Gasteiger partial charge is 0.467 e. The van der Waals surface area contributed by atoms with Gasteiger partial charge in [-0.1, -0.05) is 27.7 Å². The van der Waals surface area contributed by atoms with Crippen LogP contribution < -0.4 is 5.32 Å². The highest BCUT2D eigenvalue weighted by molar-refractivity contribution is 8.14. The monoisotopic (exact) mass is 451 g/mol. The molecule has 0 aromatic heterocycles. The van der Waals surface area contributed by atoms with Gasteiger partial charge in [0.2, 0.25) is 13.6 Å². The highest BCUT2D eigenvalue weighted by atomic mass is 32.2. The molecule has 0 aliphatic carbocycles. The number of carbonyl (C=O) groups excluding carboxylic acids is 5. The number of esters is 3. The van der Waals surface area contributed by atoms with Gasteiger partial charge in [-0.05, 0) is 25.6 Å². The third kappa shape index (κ3) is 10.3. The van der Waals surface area contributed by atoms with Crippen LogP contribution in [0.15, 0.2) is 0 Å². The average Bonchev–Trinajstić information content (AvgIpc) is 2.64. The molecule has 0 saturated carbocycles. The van der Waals surface area contributed by atoms with E-state index in [9.17, 15) is 24.0 Å². The molecule has 0 spiro atoms. The van der Waals surface area contributed by atoms with Gasteiger partial charge in [-0.3, -0.25) is 9.59 Å². The molecule has 0 aliphatic heterocycles. The summed E-state index contributed by atoms with van der Waals surface area (Å²) in [6.07, 6.45) is -1.06. The van der Waals surface area contributed by atoms with E-state index in [1.165, 1.54) is 13.8 Å². The summed E-state index contributed by atoms with van der Waals surface area (Å²) < 4.78 is 22.4. The van der Waals surface area contributed by atoms with E-state index < -0.39 is 59.6 Å². The Morgan fingerprint density at radius 2 is 1.27 bits per heavy atom. The van der Waals surface area contributed by atoms with E-state index in [1.807, 2.05) is 0 Å². The van der Waals surface area contributed by atoms with Gasteiger partial charge in [-0.15, -0.1) is 0 Å². The summed E-state index contributed by atoms with van der Waals surface area (Å²) in [6, 6.07) is -1.31. The van der Waals surface area contributed by atoms with Crippen molar-refractivity contribution in [1.29, 1.82) is 0 Å². The normalized spacial score (nSPS) is 12.0. The zero-order valence-corrected chi connectivity index (χ0v) is 19.0. The predicted octanol–water partition coefficient (Wildman–Crippen LogP) is 2.22. The van der Waals surface area contributed by atoms with Crippen LogP contribution >= 0.6 is 11.8 Å². The first-order valence-corrected chi connectivity index (χ1v) is 9.83. The zero-order valence-electron chi connectivity index (χ0n) is 18.1. The number of rotatable bonds is 10. The SMILES string of the molecule is COC(=O)[C@H](NC(=O)OCOC(=O)C(C)C)C(C)(C)SC(=O)OCOC(=O)C(C)C. The van der Waals surface area contributed by atoms with Crippen LogP contribution in [0.4, 0.5) is 9.59 Å². The van der Waals surface area contributed by atoms with Crippen molar-refractivity contribution in [2.75, 3.05) is 20.7 Å². The molecule has 0 aromatic carbocycles. The topological polar surface area (TPSA) is 144 Å². The van der Waals surface area contributed by atoms with Crippen molar-refractivity contribution < 1.29 is 47.7 Å². The van der Waals surface area contributed by atoms with Crippen molar-refractivity contribution in [3.05, 3.63) is 0 Å². The molecule has 0 heterocycles. The Morgan fingerprint density at radius 3 is 1.70 bits per heavy atom. The fourth-order valence-electron chi connectivity index (χ4n) is 1.71. The molecule has 0 aromatic rings. The van der Waals surface area contributed by atoms with E-state index in [0.29, 0.717) is 11.8 Å². The fourth-order valence-corrected chi connectivity index (χ4v) is 2.52. The lowest BCUT2D eigenvalue weighted by molar-refractivity contribution is -0.156. The van der Waals surface area contributed by atoms with Crippen LogP contribution in [0.25, 0.3) is 0 Å². The second kappa shape index (κ2) is 12.9. The molecule has 0 aliphatic rings. The predicted molar refractivity (Wildman–Crippen MR) is 105 cm³/mol. The first-order chi connectivity index (χ1) is 13.8. The first-order valence-electron chi connectivity index (χ1n) is 9.02. The van der Waals surface area contributed by atoms with Crippen molar-refractivity contribution in [2.45, 2.75) is 52.3 Å². The molecule has 0 rings (SSSR count). The van der Waals surface area contributed by atoms with Crippen LogP contribution in [-0.4, -0.2) is 60.8 Å². The summed E-state index contributed by atoms with van der Waals surface area (Å²) in [6.45, 7) is 8.21. The second-order valence-electron chi connectivity index (χ2n) is 7.10. The summed E-state index contributed by atoms with van der Waals surface area (Å²) >= 11 is 0.579. The molecular weight excluding hydrogens is 422 g/mol. The van der Waals surface area contributed by atoms with Gasteiger partial charge < -0.3 is 29.0 Å². The summed E-state index contributed by atoms with van der Waals surface area (Å²) in [5.41, 5.74) is 0. The lowest BCUT2D eigenvalue weighted by Gasteiger charge is -2.30. The molecule has 1 N–H and O–H groups in total. The Morgan fingerprint density at radius 1 is 0.800 bits per heavy atom. The minimum absolute atomic E-state index is 0.383. The van der Waals surface area contributed by atoms with E-state index >= 15 is 0 Å². The van der Waals surface area contributed by atoms with Gasteiger partial charge in [0.05, 0.1) is 23.7 Å². The molecule has 0 saturated heterocycles. The third-order valence-electron chi connectivity index (χ3n) is 3.45. The number of methoxy groups -OCH3 is 1. The molecular formula is C18H29NO10S. The highest BCUT2D eigenvalue weighted by Gasteiger charge is 2.41. The van der Waals surface area contributed by atoms with Crippen molar-refractivity contribution in [3.8, 4) is 0 Å². The summed E-state index contributed by atoms with van der Waals surface area (Å²) in [7, 11) is 1.11. The highest BCUT2D eigenvalue weighted by Crippen LogP contribution is 2.30. The number of hydrogen-bond acceptors (Lipinski definition) is 11. The van der Waals surface area contributed by atoms with Crippen LogP contribution in [0, 0.1) is 11.8 Å². The standard InChI is InChI=1S/C18H29NO10S/c1-10(2)13(20)26-8-28-16(23)19-12(15(22)25-7)18(5,6)30-17(24)29-9-27-14(21)11(3)4/h10-12H,8-9H2,1-7H3,(H,19,23)/t12-/m0/s1. The van der Waals surface area contributed by atoms with Crippen molar-refractivity contribution in [1.82, 2.24) is 5.32 Å². The Balaban J connectivity index is 4.83. The molecule has 0 radical (unpaired) electrons. The van der Waals surface area contributed by atoms with Gasteiger partial charge in [-0.25, -0.2) is 14.4 Å². The maximum Gasteiger partial charge on any atom is 0.410 e. The van der Waals surface area contributed by atoms with E-state index in [1.54, 1.807) is 27.7 Å². The van der Waals surface area contributed by atoms with Crippen LogP contribution in [0.3, 0.4) is 0 Å². The second-order valence-corrected chi connectivity index (χ2v) is 8.69. The quantitative estimate of drug-likeness (QED) is 0.296. The maximum atomic E-state index is 12.1. The average molecular weight is 451 g/mol. The van der Waals surface area contributed by atoms with Gasteiger partial charge in [0.15, 0.2) is 0 Å². The molecule has 0 unspecified atom stereocenters. The van der Waals surface area contributed by atoms with E-state index in [0.717, 1.165) is 7.11 Å². The minimum Gasteiger partial charge on any atom is -0.467 e. The summed E-state index contributed by atoms with van der Waals surface area (Å²) in [5.74, 6) is -2.74. The van der Waals surface area contributed by atoms with Gasteiger partial charge in [-0.2, -0.15) is 0 Å². The number of amides is 1. The fraction of sp³-hybridized carbons (Fsp3) is 0.722. The van der Waals surface area contributed by atoms with Gasteiger partial charge >= 0.3 is 29.3 Å².